The van der Waals surface area contributed by atoms with Crippen LogP contribution < -0.4 is 21.1 Å². The Balaban J connectivity index is 1.03. The van der Waals surface area contributed by atoms with Crippen molar-refractivity contribution >= 4 is 65.6 Å². The normalized spacial score (nSPS) is 12.7. The van der Waals surface area contributed by atoms with Gasteiger partial charge in [0.2, 0.25) is 6.71 Å². The molecule has 0 N–H and O–H groups in total. The fourth-order valence-corrected chi connectivity index (χ4v) is 10.7. The first-order valence-corrected chi connectivity index (χ1v) is 21.8. The number of fused-ring (bicyclic) bond motifs is 5. The van der Waals surface area contributed by atoms with Crippen molar-refractivity contribution < 1.29 is 4.74 Å². The summed E-state index contributed by atoms with van der Waals surface area (Å²) < 4.78 is 11.6. The van der Waals surface area contributed by atoms with Crippen LogP contribution in [0.4, 0.5) is 0 Å². The average Bonchev–Trinajstić information content (AvgIpc) is 3.80. The Hall–Kier alpha value is -5.98. The van der Waals surface area contributed by atoms with E-state index in [0.29, 0.717) is 11.8 Å². The highest BCUT2D eigenvalue weighted by atomic mass is 32.1. The molecule has 0 bridgehead atoms. The maximum absolute atomic E-state index is 6.68. The van der Waals surface area contributed by atoms with Crippen molar-refractivity contribution in [3.63, 3.8) is 0 Å². The van der Waals surface area contributed by atoms with Crippen molar-refractivity contribution in [3.05, 3.63) is 156 Å². The predicted octanol–water partition coefficient (Wildman–Crippen LogP) is 12.6. The van der Waals surface area contributed by atoms with E-state index in [9.17, 15) is 0 Å². The molecule has 9 aromatic rings. The van der Waals surface area contributed by atoms with Gasteiger partial charge in [0.05, 0.1) is 21.4 Å². The van der Waals surface area contributed by atoms with Crippen LogP contribution >= 0.6 is 11.3 Å². The molecule has 4 nitrogen and oxygen atoms in total. The first-order valence-electron chi connectivity index (χ1n) is 20.9. The summed E-state index contributed by atoms with van der Waals surface area (Å²) in [5.41, 5.74) is 14.8. The van der Waals surface area contributed by atoms with Gasteiger partial charge in [0.1, 0.15) is 17.3 Å². The quantitative estimate of drug-likeness (QED) is 0.144. The van der Waals surface area contributed by atoms with Crippen LogP contribution in [0, 0.1) is 5.41 Å². The average molecular weight is 786 g/mol. The third-order valence-corrected chi connectivity index (χ3v) is 13.0. The lowest BCUT2D eigenvalue weighted by Gasteiger charge is -2.31. The van der Waals surface area contributed by atoms with E-state index in [2.05, 4.69) is 174 Å². The molecular formula is C53H48BN3OS. The van der Waals surface area contributed by atoms with Crippen molar-refractivity contribution in [1.82, 2.24) is 14.5 Å². The monoisotopic (exact) mass is 785 g/mol. The van der Waals surface area contributed by atoms with Crippen LogP contribution in [0.2, 0.25) is 0 Å². The highest BCUT2D eigenvalue weighted by Gasteiger charge is 2.37. The lowest BCUT2D eigenvalue weighted by Crippen LogP contribution is -2.58. The van der Waals surface area contributed by atoms with Gasteiger partial charge in [-0.05, 0) is 99.8 Å². The van der Waals surface area contributed by atoms with Crippen molar-refractivity contribution in [2.45, 2.75) is 66.7 Å². The van der Waals surface area contributed by atoms with Gasteiger partial charge in [0, 0.05) is 38.5 Å². The number of imidazole rings is 1. The third kappa shape index (κ3) is 6.55. The van der Waals surface area contributed by atoms with E-state index in [1.807, 2.05) is 29.7 Å². The Morgan fingerprint density at radius 3 is 2.10 bits per heavy atom. The molecule has 0 aliphatic carbocycles. The van der Waals surface area contributed by atoms with Crippen molar-refractivity contribution in [1.29, 1.82) is 0 Å². The molecule has 6 heteroatoms. The Kier molecular flexibility index (Phi) is 9.10. The molecule has 0 unspecified atom stereocenters. The Labute approximate surface area is 351 Å². The number of para-hydroxylation sites is 2. The van der Waals surface area contributed by atoms with E-state index in [0.717, 1.165) is 46.1 Å². The molecule has 3 aromatic heterocycles. The number of rotatable bonds is 8. The molecule has 0 atom stereocenters. The van der Waals surface area contributed by atoms with Crippen LogP contribution in [0.5, 0.6) is 11.5 Å². The van der Waals surface area contributed by atoms with Crippen LogP contribution in [0.3, 0.4) is 0 Å². The van der Waals surface area contributed by atoms with Crippen molar-refractivity contribution in [2.75, 3.05) is 0 Å². The fourth-order valence-electron chi connectivity index (χ4n) is 9.39. The molecule has 0 fully saturated rings. The summed E-state index contributed by atoms with van der Waals surface area (Å²) >= 11 is 1.83. The van der Waals surface area contributed by atoms with E-state index in [4.69, 9.17) is 14.7 Å². The summed E-state index contributed by atoms with van der Waals surface area (Å²) in [7, 11) is 0. The smallest absolute Gasteiger partial charge is 0.247 e. The zero-order chi connectivity index (χ0) is 40.6. The molecule has 59 heavy (non-hydrogen) atoms. The second-order valence-electron chi connectivity index (χ2n) is 18.0. The highest BCUT2D eigenvalue weighted by Crippen LogP contribution is 2.41. The summed E-state index contributed by atoms with van der Waals surface area (Å²) in [5, 5.41) is 2.53. The summed E-state index contributed by atoms with van der Waals surface area (Å²) in [6.45, 7) is 16.3. The molecule has 6 aromatic carbocycles. The van der Waals surface area contributed by atoms with E-state index < -0.39 is 0 Å². The molecule has 0 radical (unpaired) electrons. The minimum Gasteiger partial charge on any atom is -0.457 e. The van der Waals surface area contributed by atoms with Gasteiger partial charge >= 0.3 is 0 Å². The summed E-state index contributed by atoms with van der Waals surface area (Å²) in [5.74, 6) is 3.22. The number of hydrogen-bond donors (Lipinski definition) is 0. The molecule has 0 saturated heterocycles. The van der Waals surface area contributed by atoms with Crippen LogP contribution in [0.1, 0.15) is 77.0 Å². The third-order valence-electron chi connectivity index (χ3n) is 11.8. The number of hydrogen-bond acceptors (Lipinski definition) is 4. The molecule has 4 heterocycles. The number of pyridine rings is 1. The highest BCUT2D eigenvalue weighted by molar-refractivity contribution is 7.26. The molecule has 0 saturated carbocycles. The summed E-state index contributed by atoms with van der Waals surface area (Å²) in [4.78, 5) is 10.3. The van der Waals surface area contributed by atoms with Crippen LogP contribution in [-0.4, -0.2) is 21.2 Å². The van der Waals surface area contributed by atoms with Gasteiger partial charge in [-0.2, -0.15) is 0 Å². The zero-order valence-electron chi connectivity index (χ0n) is 34.9. The number of benzene rings is 6. The molecule has 1 aliphatic heterocycles. The van der Waals surface area contributed by atoms with Crippen LogP contribution in [-0.2, 0) is 6.42 Å². The lowest BCUT2D eigenvalue weighted by atomic mass is 9.33. The number of ether oxygens (including phenoxy) is 1. The molecule has 1 aliphatic rings. The van der Waals surface area contributed by atoms with E-state index in [1.165, 1.54) is 64.5 Å². The minimum absolute atomic E-state index is 0.101. The Morgan fingerprint density at radius 1 is 0.678 bits per heavy atom. The predicted molar refractivity (Wildman–Crippen MR) is 252 cm³/mol. The van der Waals surface area contributed by atoms with Gasteiger partial charge in [-0.25, -0.2) is 4.98 Å². The minimum atomic E-state index is 0.101. The first-order chi connectivity index (χ1) is 28.5. The van der Waals surface area contributed by atoms with Crippen molar-refractivity contribution in [3.8, 4) is 39.8 Å². The molecule has 0 spiro atoms. The molecular weight excluding hydrogens is 737 g/mol. The van der Waals surface area contributed by atoms with Crippen LogP contribution in [0.25, 0.3) is 59.5 Å². The van der Waals surface area contributed by atoms with Gasteiger partial charge in [-0.3, -0.25) is 9.55 Å². The molecule has 0 amide bonds. The van der Waals surface area contributed by atoms with E-state index in [1.54, 1.807) is 0 Å². The summed E-state index contributed by atoms with van der Waals surface area (Å²) in [6, 6.07) is 48.3. The maximum Gasteiger partial charge on any atom is 0.247 e. The van der Waals surface area contributed by atoms with Crippen LogP contribution in [0.15, 0.2) is 140 Å². The standard InChI is InChI=1S/C53H48BN3OS/c1-32(2)39-18-12-19-40(33(3)4)48(39)54-43-20-8-9-23-46(43)57-50-44(54)21-13-22-45(50)56-52(57)36-15-11-17-38(30-36)58-37-16-10-14-35(29-37)49-51-42(26-27-55-49)41-25-24-34(28-47(41)59-51)31-53(5,6)7/h8-30,32-33H,31H2,1-7H3. The van der Waals surface area contributed by atoms with Gasteiger partial charge in [0.25, 0.3) is 0 Å². The van der Waals surface area contributed by atoms with E-state index in [-0.39, 0.29) is 12.1 Å². The summed E-state index contributed by atoms with van der Waals surface area (Å²) in [6.07, 6.45) is 2.98. The number of thiophene rings is 1. The lowest BCUT2D eigenvalue weighted by molar-refractivity contribution is 0.411. The number of aromatic nitrogens is 3. The molecule has 10 rings (SSSR count). The maximum atomic E-state index is 6.68. The largest absolute Gasteiger partial charge is 0.457 e. The SMILES string of the molecule is CC(C)c1cccc(C(C)C)c1B1c2ccccc2-n2c(-c3cccc(Oc4cccc(-c5nccc6c5sc5cc(CC(C)(C)C)ccc56)c4)c3)nc3cccc1c32. The topological polar surface area (TPSA) is 39.9 Å². The van der Waals surface area contributed by atoms with E-state index >= 15 is 0 Å². The van der Waals surface area contributed by atoms with Gasteiger partial charge < -0.3 is 4.74 Å². The molecule has 290 valence electrons. The van der Waals surface area contributed by atoms with Crippen molar-refractivity contribution in [2.24, 2.45) is 5.41 Å². The fraction of sp³-hybridized carbons (Fsp3) is 0.208. The Morgan fingerprint density at radius 2 is 1.36 bits per heavy atom. The van der Waals surface area contributed by atoms with Gasteiger partial charge in [0.15, 0.2) is 0 Å². The second kappa shape index (κ2) is 14.4. The van der Waals surface area contributed by atoms with Gasteiger partial charge in [-0.15, -0.1) is 11.3 Å². The Bertz CT molecular complexity index is 3050. The van der Waals surface area contributed by atoms with Gasteiger partial charge in [-0.1, -0.05) is 139 Å². The first kappa shape index (κ1) is 37.3. The second-order valence-corrected chi connectivity index (χ2v) is 19.1. The number of nitrogens with zero attached hydrogens (tertiary/aromatic N) is 3. The zero-order valence-corrected chi connectivity index (χ0v) is 35.7.